The molecule has 3 heterocycles. The lowest BCUT2D eigenvalue weighted by molar-refractivity contribution is 0.203. The van der Waals surface area contributed by atoms with Crippen LogP contribution in [0.3, 0.4) is 0 Å². The molecule has 0 unspecified atom stereocenters. The zero-order chi connectivity index (χ0) is 23.7. The summed E-state index contributed by atoms with van der Waals surface area (Å²) in [6.07, 6.45) is 5.99. The molecule has 0 amide bonds. The largest absolute Gasteiger partial charge is 0.382 e. The summed E-state index contributed by atoms with van der Waals surface area (Å²) in [5.41, 5.74) is 6.36. The zero-order valence-corrected chi connectivity index (χ0v) is 20.1. The number of rotatable bonds is 7. The van der Waals surface area contributed by atoms with E-state index in [9.17, 15) is 8.42 Å². The van der Waals surface area contributed by atoms with Crippen LogP contribution in [-0.4, -0.2) is 30.9 Å². The summed E-state index contributed by atoms with van der Waals surface area (Å²) in [5.74, 6) is 0.556. The van der Waals surface area contributed by atoms with E-state index in [0.717, 1.165) is 36.0 Å². The number of sulfonamides is 1. The molecule has 0 aliphatic carbocycles. The van der Waals surface area contributed by atoms with Crippen LogP contribution in [0.2, 0.25) is 0 Å². The molecule has 2 aliphatic rings. The van der Waals surface area contributed by atoms with Crippen LogP contribution in [0.25, 0.3) is 11.1 Å². The molecule has 3 atom stereocenters. The van der Waals surface area contributed by atoms with E-state index in [1.54, 1.807) is 6.07 Å². The Labute approximate surface area is 201 Å². The Bertz CT molecular complexity index is 1290. The maximum atomic E-state index is 11.9. The lowest BCUT2D eigenvalue weighted by Gasteiger charge is -2.40. The minimum atomic E-state index is -3.55. The van der Waals surface area contributed by atoms with Gasteiger partial charge in [-0.3, -0.25) is 14.6 Å². The lowest BCUT2D eigenvalue weighted by Crippen LogP contribution is -2.38. The van der Waals surface area contributed by atoms with E-state index in [0.29, 0.717) is 23.7 Å². The predicted molar refractivity (Wildman–Crippen MR) is 138 cm³/mol. The van der Waals surface area contributed by atoms with Gasteiger partial charge in [0, 0.05) is 53.7 Å². The molecule has 2 aliphatic heterocycles. The average Bonchev–Trinajstić information content (AvgIpc) is 3.27. The van der Waals surface area contributed by atoms with Crippen LogP contribution in [-0.2, 0) is 16.6 Å². The van der Waals surface area contributed by atoms with Gasteiger partial charge in [-0.15, -0.1) is 0 Å². The average molecular weight is 475 g/mol. The molecule has 0 bridgehead atoms. The van der Waals surface area contributed by atoms with Gasteiger partial charge in [0.25, 0.3) is 10.0 Å². The van der Waals surface area contributed by atoms with Gasteiger partial charge in [0.1, 0.15) is 0 Å². The van der Waals surface area contributed by atoms with Crippen LogP contribution < -0.4 is 10.0 Å². The SMILES string of the molecule is C=CS(=O)(=O)Nc1cccc(-c2ccc3c(c2)[C@H]2[C@H](CCN2Cc2ccncc2)[C@@H](CC)N3)c1. The molecule has 6 nitrogen and oxygen atoms in total. The molecule has 7 heteroatoms. The van der Waals surface area contributed by atoms with E-state index in [2.05, 4.69) is 63.8 Å². The second-order valence-corrected chi connectivity index (χ2v) is 10.7. The van der Waals surface area contributed by atoms with Crippen molar-refractivity contribution in [2.45, 2.75) is 38.4 Å². The summed E-state index contributed by atoms with van der Waals surface area (Å²) >= 11 is 0. The maximum Gasteiger partial charge on any atom is 0.254 e. The molecule has 3 aromatic rings. The Kier molecular flexibility index (Phi) is 6.15. The van der Waals surface area contributed by atoms with Gasteiger partial charge in [0.05, 0.1) is 0 Å². The highest BCUT2D eigenvalue weighted by Gasteiger charge is 2.43. The number of benzene rings is 2. The highest BCUT2D eigenvalue weighted by atomic mass is 32.2. The molecule has 1 saturated heterocycles. The fourth-order valence-electron chi connectivity index (χ4n) is 5.43. The standard InChI is InChI=1S/C27H30N4O2S/c1-3-25-23-12-15-31(18-19-10-13-28-14-11-19)27(23)24-17-21(8-9-26(24)29-25)20-6-5-7-22(16-20)30-34(32,33)4-2/h4-11,13-14,16-17,23,25,27,29-30H,2-3,12,15,18H2,1H3/t23-,25-,27-/m1/s1. The van der Waals surface area contributed by atoms with E-state index >= 15 is 0 Å². The highest BCUT2D eigenvalue weighted by Crippen LogP contribution is 2.48. The topological polar surface area (TPSA) is 74.3 Å². The Balaban J connectivity index is 1.50. The molecular formula is C27H30N4O2S. The summed E-state index contributed by atoms with van der Waals surface area (Å²) in [6, 6.07) is 19.1. The minimum absolute atomic E-state index is 0.344. The maximum absolute atomic E-state index is 11.9. The van der Waals surface area contributed by atoms with Gasteiger partial charge in [0.15, 0.2) is 0 Å². The number of aromatic nitrogens is 1. The van der Waals surface area contributed by atoms with Crippen LogP contribution in [0.1, 0.15) is 36.9 Å². The van der Waals surface area contributed by atoms with E-state index in [4.69, 9.17) is 0 Å². The van der Waals surface area contributed by atoms with Crippen molar-refractivity contribution in [3.8, 4) is 11.1 Å². The van der Waals surface area contributed by atoms with Crippen LogP contribution >= 0.6 is 0 Å². The summed E-state index contributed by atoms with van der Waals surface area (Å²) < 4.78 is 26.4. The van der Waals surface area contributed by atoms with E-state index < -0.39 is 10.0 Å². The van der Waals surface area contributed by atoms with Crippen molar-refractivity contribution in [3.63, 3.8) is 0 Å². The molecule has 1 aromatic heterocycles. The van der Waals surface area contributed by atoms with Crippen molar-refractivity contribution in [1.29, 1.82) is 0 Å². The molecule has 5 rings (SSSR count). The van der Waals surface area contributed by atoms with E-state index in [-0.39, 0.29) is 0 Å². The minimum Gasteiger partial charge on any atom is -0.382 e. The van der Waals surface area contributed by atoms with Crippen LogP contribution in [0.15, 0.2) is 79.0 Å². The Morgan fingerprint density at radius 1 is 1.15 bits per heavy atom. The molecule has 0 spiro atoms. The van der Waals surface area contributed by atoms with Crippen molar-refractivity contribution in [3.05, 3.63) is 90.1 Å². The summed E-state index contributed by atoms with van der Waals surface area (Å²) in [6.45, 7) is 7.61. The van der Waals surface area contributed by atoms with Crippen LogP contribution in [0.5, 0.6) is 0 Å². The highest BCUT2D eigenvalue weighted by molar-refractivity contribution is 7.95. The number of nitrogens with one attached hydrogen (secondary N) is 2. The Morgan fingerprint density at radius 3 is 2.71 bits per heavy atom. The van der Waals surface area contributed by atoms with Gasteiger partial charge in [0.2, 0.25) is 0 Å². The smallest absolute Gasteiger partial charge is 0.254 e. The normalized spacial score (nSPS) is 21.9. The first kappa shape index (κ1) is 22.6. The summed E-state index contributed by atoms with van der Waals surface area (Å²) in [7, 11) is -3.55. The van der Waals surface area contributed by atoms with E-state index in [1.165, 1.54) is 23.2 Å². The monoisotopic (exact) mass is 474 g/mol. The van der Waals surface area contributed by atoms with Gasteiger partial charge in [-0.2, -0.15) is 0 Å². The molecule has 0 radical (unpaired) electrons. The molecular weight excluding hydrogens is 444 g/mol. The van der Waals surface area contributed by atoms with Crippen molar-refractivity contribution >= 4 is 21.4 Å². The third-order valence-corrected chi connectivity index (χ3v) is 7.99. The summed E-state index contributed by atoms with van der Waals surface area (Å²) in [4.78, 5) is 6.76. The molecule has 1 fully saturated rings. The molecule has 2 aromatic carbocycles. The second-order valence-electron chi connectivity index (χ2n) is 9.08. The lowest BCUT2D eigenvalue weighted by atomic mass is 9.81. The first-order valence-corrected chi connectivity index (χ1v) is 13.3. The first-order valence-electron chi connectivity index (χ1n) is 11.8. The fraction of sp³-hybridized carbons (Fsp3) is 0.296. The Morgan fingerprint density at radius 2 is 1.94 bits per heavy atom. The number of fused-ring (bicyclic) bond motifs is 3. The quantitative estimate of drug-likeness (QED) is 0.480. The predicted octanol–water partition coefficient (Wildman–Crippen LogP) is 5.40. The number of nitrogens with zero attached hydrogens (tertiary/aromatic N) is 2. The number of hydrogen-bond acceptors (Lipinski definition) is 5. The van der Waals surface area contributed by atoms with Gasteiger partial charge in [-0.05, 0) is 78.0 Å². The summed E-state index contributed by atoms with van der Waals surface area (Å²) in [5, 5.41) is 4.71. The van der Waals surface area contributed by atoms with Crippen LogP contribution in [0, 0.1) is 5.92 Å². The zero-order valence-electron chi connectivity index (χ0n) is 19.3. The number of hydrogen-bond donors (Lipinski definition) is 2. The molecule has 34 heavy (non-hydrogen) atoms. The van der Waals surface area contributed by atoms with Crippen molar-refractivity contribution < 1.29 is 8.42 Å². The van der Waals surface area contributed by atoms with Gasteiger partial charge < -0.3 is 5.32 Å². The fourth-order valence-corrected chi connectivity index (χ4v) is 5.97. The third kappa shape index (κ3) is 4.45. The number of pyridine rings is 1. The number of likely N-dealkylation sites (tertiary alicyclic amines) is 1. The van der Waals surface area contributed by atoms with Crippen LogP contribution in [0.4, 0.5) is 11.4 Å². The van der Waals surface area contributed by atoms with Crippen molar-refractivity contribution in [2.75, 3.05) is 16.6 Å². The molecule has 176 valence electrons. The van der Waals surface area contributed by atoms with Gasteiger partial charge >= 0.3 is 0 Å². The van der Waals surface area contributed by atoms with Gasteiger partial charge in [-0.1, -0.05) is 31.7 Å². The molecule has 2 N–H and O–H groups in total. The Hall–Kier alpha value is -3.16. The third-order valence-electron chi connectivity index (χ3n) is 7.03. The second kappa shape index (κ2) is 9.24. The van der Waals surface area contributed by atoms with E-state index in [1.807, 2.05) is 30.6 Å². The first-order chi connectivity index (χ1) is 16.5. The van der Waals surface area contributed by atoms with Gasteiger partial charge in [-0.25, -0.2) is 8.42 Å². The molecule has 0 saturated carbocycles. The number of anilines is 2. The van der Waals surface area contributed by atoms with Crippen molar-refractivity contribution in [2.24, 2.45) is 5.92 Å². The van der Waals surface area contributed by atoms with Crippen molar-refractivity contribution in [1.82, 2.24) is 9.88 Å².